The lowest BCUT2D eigenvalue weighted by atomic mass is 10.1. The van der Waals surface area contributed by atoms with E-state index in [-0.39, 0.29) is 13.4 Å². The Balaban J connectivity index is 1.61. The van der Waals surface area contributed by atoms with Crippen LogP contribution in [0.3, 0.4) is 0 Å². The van der Waals surface area contributed by atoms with Gasteiger partial charge in [0.1, 0.15) is 6.61 Å². The summed E-state index contributed by atoms with van der Waals surface area (Å²) in [7, 11) is 1.32. The molecule has 3 rings (SSSR count). The fraction of sp³-hybridized carbons (Fsp3) is 0.176. The van der Waals surface area contributed by atoms with Crippen molar-refractivity contribution in [1.29, 1.82) is 0 Å². The van der Waals surface area contributed by atoms with Crippen LogP contribution < -0.4 is 9.47 Å². The molecule has 118 valence electrons. The highest BCUT2D eigenvalue weighted by Crippen LogP contribution is 2.32. The van der Waals surface area contributed by atoms with Gasteiger partial charge in [-0.2, -0.15) is 0 Å². The molecule has 0 atom stereocenters. The summed E-state index contributed by atoms with van der Waals surface area (Å²) in [4.78, 5) is 23.4. The SMILES string of the molecule is COC(=O)c1ccc(COC(=O)c2ccc3c(c2)OCO3)cc1. The molecule has 2 aromatic carbocycles. The Bertz CT molecular complexity index is 735. The number of benzene rings is 2. The molecule has 23 heavy (non-hydrogen) atoms. The van der Waals surface area contributed by atoms with Gasteiger partial charge in [0.25, 0.3) is 0 Å². The Kier molecular flexibility index (Phi) is 4.14. The van der Waals surface area contributed by atoms with Gasteiger partial charge >= 0.3 is 11.9 Å². The zero-order valence-electron chi connectivity index (χ0n) is 12.4. The largest absolute Gasteiger partial charge is 0.465 e. The fourth-order valence-corrected chi connectivity index (χ4v) is 2.11. The molecule has 0 aliphatic carbocycles. The second-order valence-electron chi connectivity index (χ2n) is 4.83. The highest BCUT2D eigenvalue weighted by Gasteiger charge is 2.17. The Morgan fingerprint density at radius 2 is 1.65 bits per heavy atom. The lowest BCUT2D eigenvalue weighted by Crippen LogP contribution is -2.06. The molecule has 0 bridgehead atoms. The van der Waals surface area contributed by atoms with E-state index in [1.807, 2.05) is 0 Å². The average molecular weight is 314 g/mol. The van der Waals surface area contributed by atoms with Crippen LogP contribution in [0.4, 0.5) is 0 Å². The van der Waals surface area contributed by atoms with Gasteiger partial charge in [0.2, 0.25) is 6.79 Å². The lowest BCUT2D eigenvalue weighted by molar-refractivity contribution is 0.0471. The Labute approximate surface area is 132 Å². The minimum Gasteiger partial charge on any atom is -0.465 e. The number of carbonyl (C=O) groups is 2. The van der Waals surface area contributed by atoms with Gasteiger partial charge in [-0.05, 0) is 35.9 Å². The van der Waals surface area contributed by atoms with Gasteiger partial charge in [0.15, 0.2) is 11.5 Å². The van der Waals surface area contributed by atoms with Gasteiger partial charge in [-0.3, -0.25) is 0 Å². The van der Waals surface area contributed by atoms with Crippen LogP contribution in [-0.2, 0) is 16.1 Å². The summed E-state index contributed by atoms with van der Waals surface area (Å²) in [6.07, 6.45) is 0. The minimum atomic E-state index is -0.458. The van der Waals surface area contributed by atoms with E-state index in [0.717, 1.165) is 5.56 Å². The first-order valence-electron chi connectivity index (χ1n) is 6.91. The summed E-state index contributed by atoms with van der Waals surface area (Å²) in [5.74, 6) is 0.274. The van der Waals surface area contributed by atoms with E-state index in [4.69, 9.17) is 14.2 Å². The average Bonchev–Trinajstić information content (AvgIpc) is 3.07. The van der Waals surface area contributed by atoms with E-state index in [1.165, 1.54) is 7.11 Å². The third kappa shape index (κ3) is 3.26. The first kappa shape index (κ1) is 14.9. The van der Waals surface area contributed by atoms with Crippen LogP contribution in [0.2, 0.25) is 0 Å². The van der Waals surface area contributed by atoms with E-state index in [9.17, 15) is 9.59 Å². The van der Waals surface area contributed by atoms with Crippen LogP contribution in [-0.4, -0.2) is 25.8 Å². The molecule has 6 heteroatoms. The first-order valence-corrected chi connectivity index (χ1v) is 6.91. The number of ether oxygens (including phenoxy) is 4. The number of esters is 2. The van der Waals surface area contributed by atoms with Crippen LogP contribution in [0.25, 0.3) is 0 Å². The number of hydrogen-bond acceptors (Lipinski definition) is 6. The third-order valence-electron chi connectivity index (χ3n) is 3.35. The molecule has 0 amide bonds. The maximum absolute atomic E-state index is 12.0. The predicted molar refractivity (Wildman–Crippen MR) is 79.5 cm³/mol. The van der Waals surface area contributed by atoms with Gasteiger partial charge < -0.3 is 18.9 Å². The number of fused-ring (bicyclic) bond motifs is 1. The molecule has 0 unspecified atom stereocenters. The van der Waals surface area contributed by atoms with Crippen LogP contribution >= 0.6 is 0 Å². The number of carbonyl (C=O) groups excluding carboxylic acids is 2. The standard InChI is InChI=1S/C17H14O6/c1-20-16(18)12-4-2-11(3-5-12)9-21-17(19)13-6-7-14-15(8-13)23-10-22-14/h2-8H,9-10H2,1H3. The van der Waals surface area contributed by atoms with Crippen molar-refractivity contribution in [2.45, 2.75) is 6.61 Å². The highest BCUT2D eigenvalue weighted by molar-refractivity contribution is 5.90. The summed E-state index contributed by atoms with van der Waals surface area (Å²) in [6.45, 7) is 0.259. The monoisotopic (exact) mass is 314 g/mol. The molecule has 0 saturated carbocycles. The summed E-state index contributed by atoms with van der Waals surface area (Å²) < 4.78 is 20.3. The topological polar surface area (TPSA) is 71.1 Å². The van der Waals surface area contributed by atoms with Gasteiger partial charge in [-0.25, -0.2) is 9.59 Å². The van der Waals surface area contributed by atoms with Crippen molar-refractivity contribution in [1.82, 2.24) is 0 Å². The van der Waals surface area contributed by atoms with Crippen molar-refractivity contribution in [3.05, 3.63) is 59.2 Å². The highest BCUT2D eigenvalue weighted by atomic mass is 16.7. The molecule has 0 spiro atoms. The first-order chi connectivity index (χ1) is 11.2. The van der Waals surface area contributed by atoms with Crippen molar-refractivity contribution in [2.24, 2.45) is 0 Å². The Hall–Kier alpha value is -3.02. The molecule has 1 aliphatic rings. The maximum Gasteiger partial charge on any atom is 0.338 e. The Morgan fingerprint density at radius 3 is 2.39 bits per heavy atom. The number of rotatable bonds is 4. The van der Waals surface area contributed by atoms with E-state index in [0.29, 0.717) is 22.6 Å². The molecule has 0 fully saturated rings. The number of hydrogen-bond donors (Lipinski definition) is 0. The normalized spacial score (nSPS) is 11.9. The summed E-state index contributed by atoms with van der Waals surface area (Å²) in [6, 6.07) is 11.5. The molecular weight excluding hydrogens is 300 g/mol. The third-order valence-corrected chi connectivity index (χ3v) is 3.35. The van der Waals surface area contributed by atoms with E-state index < -0.39 is 11.9 Å². The van der Waals surface area contributed by atoms with Crippen molar-refractivity contribution >= 4 is 11.9 Å². The molecule has 6 nitrogen and oxygen atoms in total. The number of methoxy groups -OCH3 is 1. The van der Waals surface area contributed by atoms with Crippen LogP contribution in [0.1, 0.15) is 26.3 Å². The molecule has 1 aliphatic heterocycles. The van der Waals surface area contributed by atoms with Crippen LogP contribution in [0.15, 0.2) is 42.5 Å². The van der Waals surface area contributed by atoms with Crippen LogP contribution in [0, 0.1) is 0 Å². The second-order valence-corrected chi connectivity index (χ2v) is 4.83. The van der Waals surface area contributed by atoms with Gasteiger partial charge in [0, 0.05) is 0 Å². The van der Waals surface area contributed by atoms with Crippen LogP contribution in [0.5, 0.6) is 11.5 Å². The van der Waals surface area contributed by atoms with Gasteiger partial charge in [0.05, 0.1) is 18.2 Å². The van der Waals surface area contributed by atoms with E-state index in [2.05, 4.69) is 4.74 Å². The quantitative estimate of drug-likeness (QED) is 0.808. The molecule has 0 N–H and O–H groups in total. The zero-order chi connectivity index (χ0) is 16.2. The van der Waals surface area contributed by atoms with Crippen molar-refractivity contribution < 1.29 is 28.5 Å². The van der Waals surface area contributed by atoms with Crippen molar-refractivity contribution in [3.63, 3.8) is 0 Å². The molecule has 1 heterocycles. The molecule has 2 aromatic rings. The van der Waals surface area contributed by atoms with E-state index >= 15 is 0 Å². The second kappa shape index (κ2) is 6.39. The zero-order valence-corrected chi connectivity index (χ0v) is 12.4. The summed E-state index contributed by atoms with van der Waals surface area (Å²) in [5.41, 5.74) is 1.60. The summed E-state index contributed by atoms with van der Waals surface area (Å²) in [5, 5.41) is 0. The van der Waals surface area contributed by atoms with Gasteiger partial charge in [-0.1, -0.05) is 12.1 Å². The molecule has 0 aromatic heterocycles. The molecular formula is C17H14O6. The Morgan fingerprint density at radius 1 is 0.957 bits per heavy atom. The lowest BCUT2D eigenvalue weighted by Gasteiger charge is -2.06. The fourth-order valence-electron chi connectivity index (χ4n) is 2.11. The molecule has 0 radical (unpaired) electrons. The minimum absolute atomic E-state index is 0.106. The summed E-state index contributed by atoms with van der Waals surface area (Å²) >= 11 is 0. The van der Waals surface area contributed by atoms with Gasteiger partial charge in [-0.15, -0.1) is 0 Å². The van der Waals surface area contributed by atoms with Crippen molar-refractivity contribution in [2.75, 3.05) is 13.9 Å². The smallest absolute Gasteiger partial charge is 0.338 e. The maximum atomic E-state index is 12.0. The van der Waals surface area contributed by atoms with Crippen molar-refractivity contribution in [3.8, 4) is 11.5 Å². The molecule has 0 saturated heterocycles. The predicted octanol–water partition coefficient (Wildman–Crippen LogP) is 2.56. The van der Waals surface area contributed by atoms with E-state index in [1.54, 1.807) is 42.5 Å².